The summed E-state index contributed by atoms with van der Waals surface area (Å²) in [6.07, 6.45) is 2.06. The molecule has 16 heavy (non-hydrogen) atoms. The van der Waals surface area contributed by atoms with Crippen molar-refractivity contribution in [3.63, 3.8) is 0 Å². The van der Waals surface area contributed by atoms with Gasteiger partial charge in [0.15, 0.2) is 0 Å². The molecule has 0 aromatic heterocycles. The lowest BCUT2D eigenvalue weighted by atomic mass is 10.00. The van der Waals surface area contributed by atoms with Crippen LogP contribution in [0.5, 0.6) is 5.75 Å². The molecule has 1 unspecified atom stereocenters. The molecule has 0 spiro atoms. The summed E-state index contributed by atoms with van der Waals surface area (Å²) in [5.41, 5.74) is 1.81. The maximum atomic E-state index is 10.7. The number of hydrogen-bond donors (Lipinski definition) is 0. The van der Waals surface area contributed by atoms with Crippen molar-refractivity contribution in [2.24, 2.45) is 0 Å². The van der Waals surface area contributed by atoms with Gasteiger partial charge in [-0.15, -0.1) is 0 Å². The molecular formula is C14H20O2. The molecule has 1 rings (SSSR count). The standard InChI is InChI=1S/C14H20O2/c1-5-11(4)16-14-7-6-12(9-15)8-13(14)10(2)3/h6-11H,5H2,1-4H3. The van der Waals surface area contributed by atoms with Crippen molar-refractivity contribution in [1.29, 1.82) is 0 Å². The number of ether oxygens (including phenoxy) is 1. The smallest absolute Gasteiger partial charge is 0.150 e. The average Bonchev–Trinajstić information content (AvgIpc) is 2.29. The van der Waals surface area contributed by atoms with Crippen LogP contribution in [0.25, 0.3) is 0 Å². The van der Waals surface area contributed by atoms with E-state index in [1.807, 2.05) is 12.1 Å². The quantitative estimate of drug-likeness (QED) is 0.705. The first kappa shape index (κ1) is 12.8. The highest BCUT2D eigenvalue weighted by atomic mass is 16.5. The van der Waals surface area contributed by atoms with E-state index in [0.29, 0.717) is 11.5 Å². The predicted molar refractivity (Wildman–Crippen MR) is 66.3 cm³/mol. The van der Waals surface area contributed by atoms with Crippen molar-refractivity contribution in [2.75, 3.05) is 0 Å². The summed E-state index contributed by atoms with van der Waals surface area (Å²) < 4.78 is 5.84. The van der Waals surface area contributed by atoms with Crippen LogP contribution in [0.3, 0.4) is 0 Å². The summed E-state index contributed by atoms with van der Waals surface area (Å²) in [5, 5.41) is 0. The number of carbonyl (C=O) groups is 1. The summed E-state index contributed by atoms with van der Waals surface area (Å²) in [6.45, 7) is 8.36. The van der Waals surface area contributed by atoms with Gasteiger partial charge in [0.05, 0.1) is 6.10 Å². The summed E-state index contributed by atoms with van der Waals surface area (Å²) in [4.78, 5) is 10.7. The number of carbonyl (C=O) groups excluding carboxylic acids is 1. The lowest BCUT2D eigenvalue weighted by molar-refractivity contribution is 0.112. The maximum Gasteiger partial charge on any atom is 0.150 e. The van der Waals surface area contributed by atoms with Crippen LogP contribution in [-0.2, 0) is 0 Å². The average molecular weight is 220 g/mol. The van der Waals surface area contributed by atoms with Gasteiger partial charge in [-0.25, -0.2) is 0 Å². The van der Waals surface area contributed by atoms with Gasteiger partial charge in [0.25, 0.3) is 0 Å². The molecule has 0 heterocycles. The van der Waals surface area contributed by atoms with E-state index in [1.54, 1.807) is 6.07 Å². The molecule has 0 N–H and O–H groups in total. The van der Waals surface area contributed by atoms with Crippen molar-refractivity contribution in [3.05, 3.63) is 29.3 Å². The molecule has 0 aliphatic heterocycles. The second kappa shape index (κ2) is 5.69. The Balaban J connectivity index is 3.03. The Bertz CT molecular complexity index is 356. The Morgan fingerprint density at radius 2 is 2.00 bits per heavy atom. The number of rotatable bonds is 5. The molecule has 1 aromatic rings. The molecule has 0 aliphatic rings. The predicted octanol–water partition coefficient (Wildman–Crippen LogP) is 3.80. The summed E-state index contributed by atoms with van der Waals surface area (Å²) in [7, 11) is 0. The first-order chi connectivity index (χ1) is 7.58. The van der Waals surface area contributed by atoms with E-state index in [0.717, 1.165) is 24.0 Å². The van der Waals surface area contributed by atoms with Crippen LogP contribution in [-0.4, -0.2) is 12.4 Å². The topological polar surface area (TPSA) is 26.3 Å². The van der Waals surface area contributed by atoms with Gasteiger partial charge < -0.3 is 4.74 Å². The molecule has 0 bridgehead atoms. The van der Waals surface area contributed by atoms with E-state index in [9.17, 15) is 4.79 Å². The van der Waals surface area contributed by atoms with Gasteiger partial charge in [-0.2, -0.15) is 0 Å². The molecule has 0 aliphatic carbocycles. The van der Waals surface area contributed by atoms with Crippen molar-refractivity contribution in [2.45, 2.75) is 46.1 Å². The van der Waals surface area contributed by atoms with E-state index < -0.39 is 0 Å². The number of hydrogen-bond acceptors (Lipinski definition) is 2. The van der Waals surface area contributed by atoms with Crippen LogP contribution in [0, 0.1) is 0 Å². The van der Waals surface area contributed by atoms with E-state index in [4.69, 9.17) is 4.74 Å². The Morgan fingerprint density at radius 1 is 1.31 bits per heavy atom. The molecule has 1 atom stereocenters. The maximum absolute atomic E-state index is 10.7. The zero-order valence-electron chi connectivity index (χ0n) is 10.5. The number of benzene rings is 1. The summed E-state index contributed by atoms with van der Waals surface area (Å²) >= 11 is 0. The van der Waals surface area contributed by atoms with Gasteiger partial charge in [-0.1, -0.05) is 20.8 Å². The minimum absolute atomic E-state index is 0.208. The molecule has 0 saturated heterocycles. The molecule has 0 amide bonds. The molecule has 1 aromatic carbocycles. The Kier molecular flexibility index (Phi) is 4.53. The van der Waals surface area contributed by atoms with Crippen molar-refractivity contribution in [1.82, 2.24) is 0 Å². The van der Waals surface area contributed by atoms with Crippen LogP contribution < -0.4 is 4.74 Å². The van der Waals surface area contributed by atoms with Crippen LogP contribution >= 0.6 is 0 Å². The van der Waals surface area contributed by atoms with Gasteiger partial charge in [-0.3, -0.25) is 4.79 Å². The minimum Gasteiger partial charge on any atom is -0.490 e. The molecule has 2 nitrogen and oxygen atoms in total. The largest absolute Gasteiger partial charge is 0.490 e. The van der Waals surface area contributed by atoms with Gasteiger partial charge >= 0.3 is 0 Å². The summed E-state index contributed by atoms with van der Waals surface area (Å²) in [6, 6.07) is 5.61. The van der Waals surface area contributed by atoms with Crippen LogP contribution in [0.1, 0.15) is 56.0 Å². The molecule has 0 radical (unpaired) electrons. The van der Waals surface area contributed by atoms with Gasteiger partial charge in [0, 0.05) is 5.56 Å². The van der Waals surface area contributed by atoms with Crippen molar-refractivity contribution >= 4 is 6.29 Å². The normalized spacial score (nSPS) is 12.6. The molecule has 0 fully saturated rings. The van der Waals surface area contributed by atoms with Crippen molar-refractivity contribution in [3.8, 4) is 5.75 Å². The van der Waals surface area contributed by atoms with E-state index in [2.05, 4.69) is 27.7 Å². The van der Waals surface area contributed by atoms with E-state index in [1.165, 1.54) is 0 Å². The minimum atomic E-state index is 0.208. The molecule has 88 valence electrons. The van der Waals surface area contributed by atoms with Crippen LogP contribution in [0.4, 0.5) is 0 Å². The molecular weight excluding hydrogens is 200 g/mol. The van der Waals surface area contributed by atoms with E-state index >= 15 is 0 Å². The second-order valence-electron chi connectivity index (χ2n) is 4.41. The molecule has 0 saturated carbocycles. The Labute approximate surface area is 97.6 Å². The fourth-order valence-corrected chi connectivity index (χ4v) is 1.50. The summed E-state index contributed by atoms with van der Waals surface area (Å²) in [5.74, 6) is 1.26. The third-order valence-electron chi connectivity index (χ3n) is 2.70. The Morgan fingerprint density at radius 3 is 2.50 bits per heavy atom. The lowest BCUT2D eigenvalue weighted by Crippen LogP contribution is -2.11. The molecule has 2 heteroatoms. The third-order valence-corrected chi connectivity index (χ3v) is 2.70. The highest BCUT2D eigenvalue weighted by molar-refractivity contribution is 5.75. The third kappa shape index (κ3) is 3.09. The lowest BCUT2D eigenvalue weighted by Gasteiger charge is -2.18. The van der Waals surface area contributed by atoms with Crippen molar-refractivity contribution < 1.29 is 9.53 Å². The monoisotopic (exact) mass is 220 g/mol. The van der Waals surface area contributed by atoms with Gasteiger partial charge in [0.1, 0.15) is 12.0 Å². The first-order valence-electron chi connectivity index (χ1n) is 5.84. The zero-order chi connectivity index (χ0) is 12.1. The second-order valence-corrected chi connectivity index (χ2v) is 4.41. The van der Waals surface area contributed by atoms with Gasteiger partial charge in [-0.05, 0) is 43.0 Å². The van der Waals surface area contributed by atoms with Gasteiger partial charge in [0.2, 0.25) is 0 Å². The van der Waals surface area contributed by atoms with E-state index in [-0.39, 0.29) is 6.10 Å². The fraction of sp³-hybridized carbons (Fsp3) is 0.500. The fourth-order valence-electron chi connectivity index (χ4n) is 1.50. The first-order valence-corrected chi connectivity index (χ1v) is 5.84. The Hall–Kier alpha value is -1.31. The SMILES string of the molecule is CCC(C)Oc1ccc(C=O)cc1C(C)C. The van der Waals surface area contributed by atoms with Crippen LogP contribution in [0.2, 0.25) is 0 Å². The highest BCUT2D eigenvalue weighted by Crippen LogP contribution is 2.28. The van der Waals surface area contributed by atoms with Crippen LogP contribution in [0.15, 0.2) is 18.2 Å². The number of aldehydes is 1. The highest BCUT2D eigenvalue weighted by Gasteiger charge is 2.11. The zero-order valence-corrected chi connectivity index (χ0v) is 10.5.